The second kappa shape index (κ2) is 8.81. The molecule has 3 aromatic heterocycles. The molecule has 5 aromatic carbocycles. The Balaban J connectivity index is 1.24. The summed E-state index contributed by atoms with van der Waals surface area (Å²) in [5, 5.41) is 5.67. The van der Waals surface area contributed by atoms with Crippen LogP contribution in [0.2, 0.25) is 0 Å². The van der Waals surface area contributed by atoms with Crippen LogP contribution in [0.4, 0.5) is 0 Å². The molecule has 0 atom stereocenters. The largest absolute Gasteiger partial charge is 0.437 e. The van der Waals surface area contributed by atoms with Gasteiger partial charge in [-0.05, 0) is 58.3 Å². The molecule has 0 bridgehead atoms. The molecular formula is C35H23N2O2P. The Labute approximate surface area is 230 Å². The monoisotopic (exact) mass is 534 g/mol. The van der Waals surface area contributed by atoms with Gasteiger partial charge in [0.05, 0.1) is 0 Å². The smallest absolute Gasteiger partial charge is 0.232 e. The number of nitrogens with zero attached hydrogens (tertiary/aromatic N) is 2. The van der Waals surface area contributed by atoms with Crippen LogP contribution in [0.3, 0.4) is 0 Å². The van der Waals surface area contributed by atoms with Gasteiger partial charge in [0.1, 0.15) is 16.7 Å². The molecule has 0 aliphatic heterocycles. The normalized spacial score (nSPS) is 12.1. The maximum Gasteiger partial charge on any atom is 0.232 e. The third-order valence-electron chi connectivity index (χ3n) is 7.68. The molecule has 8 rings (SSSR count). The first-order valence-corrected chi connectivity index (χ1v) is 14.9. The summed E-state index contributed by atoms with van der Waals surface area (Å²) >= 11 is 0. The first-order valence-electron chi connectivity index (χ1n) is 13.2. The van der Waals surface area contributed by atoms with Gasteiger partial charge in [-0.1, -0.05) is 97.1 Å². The van der Waals surface area contributed by atoms with Crippen molar-refractivity contribution in [3.8, 4) is 11.1 Å². The lowest BCUT2D eigenvalue weighted by Gasteiger charge is -2.20. The van der Waals surface area contributed by atoms with Crippen molar-refractivity contribution in [3.05, 3.63) is 140 Å². The molecule has 0 aliphatic rings. The summed E-state index contributed by atoms with van der Waals surface area (Å²) < 4.78 is 23.0. The number of hydrogen-bond donors (Lipinski definition) is 0. The molecule has 0 aliphatic carbocycles. The zero-order chi connectivity index (χ0) is 26.7. The Kier molecular flexibility index (Phi) is 5.07. The second-order valence-corrected chi connectivity index (χ2v) is 12.8. The highest BCUT2D eigenvalue weighted by Gasteiger charge is 2.29. The van der Waals surface area contributed by atoms with Gasteiger partial charge in [0.25, 0.3) is 0 Å². The Hall–Kier alpha value is -4.92. The predicted octanol–water partition coefficient (Wildman–Crippen LogP) is 7.69. The van der Waals surface area contributed by atoms with Crippen LogP contribution in [-0.2, 0) is 4.57 Å². The molecule has 0 spiro atoms. The van der Waals surface area contributed by atoms with Crippen molar-refractivity contribution in [2.24, 2.45) is 0 Å². The van der Waals surface area contributed by atoms with Gasteiger partial charge in [-0.25, -0.2) is 4.98 Å². The fourth-order valence-corrected chi connectivity index (χ4v) is 8.34. The minimum absolute atomic E-state index is 0.751. The first-order chi connectivity index (χ1) is 19.7. The summed E-state index contributed by atoms with van der Waals surface area (Å²) in [6.07, 6.45) is 2.08. The molecule has 0 radical (unpaired) electrons. The molecule has 0 N–H and O–H groups in total. The molecule has 0 amide bonds. The number of rotatable bonds is 4. The standard InChI is InChI=1S/C35H23N2O2P/c38-40(28-9-3-1-4-10-28,29-11-5-2-6-12-29)30-19-17-24-21-25(15-16-26(24)22-30)27-18-20-33-36-34-31-13-7-8-14-32(31)39-35(34)37(33)23-27/h1-23H. The van der Waals surface area contributed by atoms with E-state index in [0.717, 1.165) is 65.7 Å². The predicted molar refractivity (Wildman–Crippen MR) is 165 cm³/mol. The summed E-state index contributed by atoms with van der Waals surface area (Å²) in [4.78, 5) is 4.81. The van der Waals surface area contributed by atoms with Crippen LogP contribution in [0.5, 0.6) is 0 Å². The van der Waals surface area contributed by atoms with Crippen LogP contribution in [-0.4, -0.2) is 9.38 Å². The summed E-state index contributed by atoms with van der Waals surface area (Å²) in [6, 6.07) is 44.3. The number of hydrogen-bond acceptors (Lipinski definition) is 3. The lowest BCUT2D eigenvalue weighted by molar-refractivity contribution is 0.592. The average Bonchev–Trinajstić information content (AvgIpc) is 3.57. The number of benzene rings is 5. The minimum Gasteiger partial charge on any atom is -0.437 e. The van der Waals surface area contributed by atoms with E-state index in [1.165, 1.54) is 0 Å². The third kappa shape index (κ3) is 3.47. The highest BCUT2D eigenvalue weighted by atomic mass is 31.2. The minimum atomic E-state index is -3.03. The highest BCUT2D eigenvalue weighted by Crippen LogP contribution is 2.43. The molecule has 0 fully saturated rings. The van der Waals surface area contributed by atoms with E-state index in [0.29, 0.717) is 0 Å². The molecular weight excluding hydrogens is 511 g/mol. The lowest BCUT2D eigenvalue weighted by atomic mass is 10.0. The molecule has 5 heteroatoms. The number of fused-ring (bicyclic) bond motifs is 6. The van der Waals surface area contributed by atoms with Crippen LogP contribution < -0.4 is 15.9 Å². The van der Waals surface area contributed by atoms with Crippen molar-refractivity contribution in [2.45, 2.75) is 0 Å². The summed E-state index contributed by atoms with van der Waals surface area (Å²) in [6.45, 7) is 0. The van der Waals surface area contributed by atoms with Crippen molar-refractivity contribution in [2.75, 3.05) is 0 Å². The van der Waals surface area contributed by atoms with Crippen molar-refractivity contribution >= 4 is 61.7 Å². The Bertz CT molecular complexity index is 2210. The van der Waals surface area contributed by atoms with E-state index in [1.807, 2.05) is 101 Å². The average molecular weight is 535 g/mol. The summed E-state index contributed by atoms with van der Waals surface area (Å²) in [5.41, 5.74) is 5.48. The van der Waals surface area contributed by atoms with E-state index in [9.17, 15) is 4.57 Å². The quantitative estimate of drug-likeness (QED) is 0.218. The maximum absolute atomic E-state index is 14.8. The van der Waals surface area contributed by atoms with Crippen LogP contribution >= 0.6 is 7.14 Å². The Morgan fingerprint density at radius 1 is 0.600 bits per heavy atom. The SMILES string of the molecule is O=P(c1ccccc1)(c1ccccc1)c1ccc2cc(-c3ccc4nc5c6ccccc6oc5n4c3)ccc2c1. The molecule has 0 saturated carbocycles. The third-order valence-corrected chi connectivity index (χ3v) is 10.7. The van der Waals surface area contributed by atoms with Crippen LogP contribution in [0.25, 0.3) is 49.7 Å². The molecule has 0 saturated heterocycles. The molecule has 3 heterocycles. The van der Waals surface area contributed by atoms with Crippen LogP contribution in [0.15, 0.2) is 144 Å². The van der Waals surface area contributed by atoms with Crippen LogP contribution in [0.1, 0.15) is 0 Å². The molecule has 190 valence electrons. The molecule has 8 aromatic rings. The van der Waals surface area contributed by atoms with Gasteiger partial charge in [0, 0.05) is 27.5 Å². The molecule has 40 heavy (non-hydrogen) atoms. The van der Waals surface area contributed by atoms with Gasteiger partial charge in [-0.2, -0.15) is 0 Å². The van der Waals surface area contributed by atoms with Gasteiger partial charge in [-0.3, -0.25) is 4.40 Å². The fraction of sp³-hybridized carbons (Fsp3) is 0. The number of furan rings is 1. The highest BCUT2D eigenvalue weighted by molar-refractivity contribution is 7.85. The van der Waals surface area contributed by atoms with Crippen LogP contribution in [0, 0.1) is 0 Å². The zero-order valence-electron chi connectivity index (χ0n) is 21.4. The van der Waals surface area contributed by atoms with E-state index in [2.05, 4.69) is 42.6 Å². The van der Waals surface area contributed by atoms with E-state index in [1.54, 1.807) is 0 Å². The fourth-order valence-electron chi connectivity index (χ4n) is 5.65. The number of imidazole rings is 1. The number of para-hydroxylation sites is 1. The van der Waals surface area contributed by atoms with Gasteiger partial charge >= 0.3 is 0 Å². The van der Waals surface area contributed by atoms with Crippen molar-refractivity contribution in [1.29, 1.82) is 0 Å². The number of aromatic nitrogens is 2. The molecule has 0 unspecified atom stereocenters. The Morgan fingerprint density at radius 2 is 1.25 bits per heavy atom. The topological polar surface area (TPSA) is 47.5 Å². The van der Waals surface area contributed by atoms with Crippen molar-refractivity contribution in [1.82, 2.24) is 9.38 Å². The van der Waals surface area contributed by atoms with Gasteiger partial charge in [-0.15, -0.1) is 0 Å². The van der Waals surface area contributed by atoms with E-state index in [4.69, 9.17) is 9.40 Å². The summed E-state index contributed by atoms with van der Waals surface area (Å²) in [5.74, 6) is 0. The van der Waals surface area contributed by atoms with Crippen molar-refractivity contribution < 1.29 is 8.98 Å². The molecule has 4 nitrogen and oxygen atoms in total. The first kappa shape index (κ1) is 23.0. The summed E-state index contributed by atoms with van der Waals surface area (Å²) in [7, 11) is -3.03. The van der Waals surface area contributed by atoms with Gasteiger partial charge in [0.15, 0.2) is 7.14 Å². The zero-order valence-corrected chi connectivity index (χ0v) is 22.3. The number of pyridine rings is 1. The van der Waals surface area contributed by atoms with Gasteiger partial charge in [0.2, 0.25) is 5.71 Å². The maximum atomic E-state index is 14.8. The second-order valence-electron chi connectivity index (χ2n) is 10.0. The lowest BCUT2D eigenvalue weighted by Crippen LogP contribution is -2.24. The van der Waals surface area contributed by atoms with E-state index >= 15 is 0 Å². The van der Waals surface area contributed by atoms with Gasteiger partial charge < -0.3 is 8.98 Å². The van der Waals surface area contributed by atoms with E-state index in [-0.39, 0.29) is 0 Å². The van der Waals surface area contributed by atoms with Crippen molar-refractivity contribution in [3.63, 3.8) is 0 Å². The Morgan fingerprint density at radius 3 is 2.02 bits per heavy atom. The van der Waals surface area contributed by atoms with E-state index < -0.39 is 7.14 Å².